The number of hydrogen-bond donors (Lipinski definition) is 2. The standard InChI is InChI=1S/C12H15N5OS/c1-12(2,3)9-10(18)14-11(17-15-9)16-13-7-8-5-4-6-19-8/h4-7H,1-3H3,(H2,14,16,17,18)/b13-7+. The third-order valence-electron chi connectivity index (χ3n) is 2.31. The van der Waals surface area contributed by atoms with Crippen molar-refractivity contribution in [2.75, 3.05) is 5.43 Å². The molecule has 0 aromatic carbocycles. The van der Waals surface area contributed by atoms with E-state index in [1.807, 2.05) is 38.3 Å². The summed E-state index contributed by atoms with van der Waals surface area (Å²) >= 11 is 1.57. The van der Waals surface area contributed by atoms with Gasteiger partial charge in [0, 0.05) is 10.3 Å². The highest BCUT2D eigenvalue weighted by molar-refractivity contribution is 7.11. The van der Waals surface area contributed by atoms with Gasteiger partial charge in [-0.2, -0.15) is 5.10 Å². The molecule has 0 unspecified atom stereocenters. The molecule has 0 aliphatic carbocycles. The maximum atomic E-state index is 11.8. The first-order valence-electron chi connectivity index (χ1n) is 5.77. The molecule has 0 atom stereocenters. The number of nitrogens with zero attached hydrogens (tertiary/aromatic N) is 3. The van der Waals surface area contributed by atoms with Gasteiger partial charge in [-0.05, 0) is 11.4 Å². The highest BCUT2D eigenvalue weighted by Gasteiger charge is 2.20. The van der Waals surface area contributed by atoms with Crippen molar-refractivity contribution in [3.05, 3.63) is 38.4 Å². The number of hydrogen-bond acceptors (Lipinski definition) is 6. The van der Waals surface area contributed by atoms with Crippen LogP contribution in [-0.2, 0) is 5.41 Å². The molecule has 2 aromatic rings. The molecule has 2 heterocycles. The van der Waals surface area contributed by atoms with Gasteiger partial charge in [0.15, 0.2) is 0 Å². The molecule has 2 aromatic heterocycles. The Labute approximate surface area is 114 Å². The minimum Gasteiger partial charge on any atom is -0.288 e. The number of anilines is 1. The Morgan fingerprint density at radius 1 is 1.42 bits per heavy atom. The Hall–Kier alpha value is -2.02. The van der Waals surface area contributed by atoms with Gasteiger partial charge in [0.05, 0.1) is 6.21 Å². The maximum Gasteiger partial charge on any atom is 0.274 e. The van der Waals surface area contributed by atoms with E-state index in [-0.39, 0.29) is 16.9 Å². The molecule has 0 radical (unpaired) electrons. The van der Waals surface area contributed by atoms with E-state index in [0.29, 0.717) is 5.69 Å². The molecule has 0 saturated carbocycles. The highest BCUT2D eigenvalue weighted by Crippen LogP contribution is 2.15. The highest BCUT2D eigenvalue weighted by atomic mass is 32.1. The van der Waals surface area contributed by atoms with Crippen molar-refractivity contribution in [3.8, 4) is 0 Å². The Morgan fingerprint density at radius 3 is 2.79 bits per heavy atom. The second-order valence-corrected chi connectivity index (χ2v) is 5.97. The lowest BCUT2D eigenvalue weighted by molar-refractivity contribution is 0.547. The van der Waals surface area contributed by atoms with E-state index < -0.39 is 0 Å². The normalized spacial score (nSPS) is 11.9. The van der Waals surface area contributed by atoms with Crippen LogP contribution in [0.2, 0.25) is 0 Å². The molecule has 2 N–H and O–H groups in total. The van der Waals surface area contributed by atoms with Crippen LogP contribution in [0.25, 0.3) is 0 Å². The molecule has 2 rings (SSSR count). The summed E-state index contributed by atoms with van der Waals surface area (Å²) in [6, 6.07) is 3.87. The third kappa shape index (κ3) is 3.47. The number of aromatic nitrogens is 3. The average Bonchev–Trinajstić information content (AvgIpc) is 2.80. The second kappa shape index (κ2) is 5.31. The van der Waals surface area contributed by atoms with Crippen molar-refractivity contribution >= 4 is 23.5 Å². The predicted molar refractivity (Wildman–Crippen MR) is 76.9 cm³/mol. The van der Waals surface area contributed by atoms with Crippen molar-refractivity contribution in [1.29, 1.82) is 0 Å². The van der Waals surface area contributed by atoms with E-state index in [0.717, 1.165) is 4.88 Å². The van der Waals surface area contributed by atoms with Gasteiger partial charge in [0.1, 0.15) is 5.69 Å². The molecule has 6 nitrogen and oxygen atoms in total. The third-order valence-corrected chi connectivity index (χ3v) is 3.12. The van der Waals surface area contributed by atoms with Crippen LogP contribution in [0.1, 0.15) is 31.3 Å². The van der Waals surface area contributed by atoms with Crippen LogP contribution in [0, 0.1) is 0 Å². The van der Waals surface area contributed by atoms with Gasteiger partial charge < -0.3 is 0 Å². The van der Waals surface area contributed by atoms with Crippen LogP contribution in [0.4, 0.5) is 5.95 Å². The summed E-state index contributed by atoms with van der Waals surface area (Å²) in [5, 5.41) is 13.8. The summed E-state index contributed by atoms with van der Waals surface area (Å²) in [6.07, 6.45) is 1.66. The Morgan fingerprint density at radius 2 is 2.21 bits per heavy atom. The van der Waals surface area contributed by atoms with Crippen LogP contribution in [-0.4, -0.2) is 21.4 Å². The molecule has 0 amide bonds. The van der Waals surface area contributed by atoms with Crippen molar-refractivity contribution in [2.24, 2.45) is 5.10 Å². The van der Waals surface area contributed by atoms with Crippen LogP contribution < -0.4 is 11.0 Å². The lowest BCUT2D eigenvalue weighted by atomic mass is 9.93. The van der Waals surface area contributed by atoms with Crippen LogP contribution >= 0.6 is 11.3 Å². The topological polar surface area (TPSA) is 83.0 Å². The van der Waals surface area contributed by atoms with Crippen molar-refractivity contribution < 1.29 is 0 Å². The van der Waals surface area contributed by atoms with Gasteiger partial charge in [0.2, 0.25) is 5.95 Å². The van der Waals surface area contributed by atoms with Crippen molar-refractivity contribution in [2.45, 2.75) is 26.2 Å². The molecule has 0 bridgehead atoms. The zero-order valence-electron chi connectivity index (χ0n) is 11.0. The Bertz CT molecular complexity index is 624. The van der Waals surface area contributed by atoms with Gasteiger partial charge in [-0.25, -0.2) is 5.43 Å². The lowest BCUT2D eigenvalue weighted by Gasteiger charge is -2.15. The molecule has 0 aliphatic heterocycles. The number of aromatic amines is 1. The smallest absolute Gasteiger partial charge is 0.274 e. The first kappa shape index (κ1) is 13.4. The van der Waals surface area contributed by atoms with E-state index in [4.69, 9.17) is 0 Å². The summed E-state index contributed by atoms with van der Waals surface area (Å²) in [7, 11) is 0. The molecule has 0 saturated heterocycles. The molecule has 0 fully saturated rings. The first-order valence-corrected chi connectivity index (χ1v) is 6.65. The van der Waals surface area contributed by atoms with Gasteiger partial charge in [-0.3, -0.25) is 9.78 Å². The minimum atomic E-state index is -0.334. The van der Waals surface area contributed by atoms with Gasteiger partial charge in [-0.1, -0.05) is 26.8 Å². The van der Waals surface area contributed by atoms with Crippen LogP contribution in [0.15, 0.2) is 27.4 Å². The monoisotopic (exact) mass is 277 g/mol. The first-order chi connectivity index (χ1) is 8.97. The molecule has 0 spiro atoms. The second-order valence-electron chi connectivity index (χ2n) is 4.99. The van der Waals surface area contributed by atoms with Crippen molar-refractivity contribution in [1.82, 2.24) is 15.2 Å². The van der Waals surface area contributed by atoms with Crippen LogP contribution in [0.3, 0.4) is 0 Å². The number of thiophene rings is 1. The Balaban J connectivity index is 2.11. The molecule has 19 heavy (non-hydrogen) atoms. The molecule has 100 valence electrons. The number of hydrazone groups is 1. The fourth-order valence-corrected chi connectivity index (χ4v) is 1.98. The van der Waals surface area contributed by atoms with Crippen LogP contribution in [0.5, 0.6) is 0 Å². The zero-order valence-corrected chi connectivity index (χ0v) is 11.8. The molecule has 0 aliphatic rings. The van der Waals surface area contributed by atoms with Gasteiger partial charge >= 0.3 is 0 Å². The lowest BCUT2D eigenvalue weighted by Crippen LogP contribution is -2.28. The summed E-state index contributed by atoms with van der Waals surface area (Å²) in [6.45, 7) is 5.73. The van der Waals surface area contributed by atoms with E-state index in [1.165, 1.54) is 0 Å². The largest absolute Gasteiger partial charge is 0.288 e. The molecular weight excluding hydrogens is 262 g/mol. The molecule has 7 heteroatoms. The van der Waals surface area contributed by atoms with Gasteiger partial charge in [0.25, 0.3) is 5.56 Å². The molecular formula is C12H15N5OS. The fraction of sp³-hybridized carbons (Fsp3) is 0.333. The number of H-pyrrole nitrogens is 1. The maximum absolute atomic E-state index is 11.8. The number of rotatable bonds is 3. The Kier molecular flexibility index (Phi) is 3.75. The van der Waals surface area contributed by atoms with E-state index in [2.05, 4.69) is 25.7 Å². The van der Waals surface area contributed by atoms with Crippen molar-refractivity contribution in [3.63, 3.8) is 0 Å². The predicted octanol–water partition coefficient (Wildman–Crippen LogP) is 1.97. The fourth-order valence-electron chi connectivity index (χ4n) is 1.40. The SMILES string of the molecule is CC(C)(C)c1nnc(N/N=C/c2cccs2)[nH]c1=O. The zero-order chi connectivity index (χ0) is 13.9. The summed E-state index contributed by atoms with van der Waals surface area (Å²) < 4.78 is 0. The van der Waals surface area contributed by atoms with Gasteiger partial charge in [-0.15, -0.1) is 21.5 Å². The quantitative estimate of drug-likeness (QED) is 0.663. The number of nitrogens with one attached hydrogen (secondary N) is 2. The van der Waals surface area contributed by atoms with E-state index in [9.17, 15) is 4.79 Å². The average molecular weight is 277 g/mol. The minimum absolute atomic E-state index is 0.228. The van der Waals surface area contributed by atoms with E-state index in [1.54, 1.807) is 17.6 Å². The summed E-state index contributed by atoms with van der Waals surface area (Å²) in [5.74, 6) is 0.228. The van der Waals surface area contributed by atoms with E-state index >= 15 is 0 Å². The summed E-state index contributed by atoms with van der Waals surface area (Å²) in [5.41, 5.74) is 2.47. The summed E-state index contributed by atoms with van der Waals surface area (Å²) in [4.78, 5) is 15.5.